The zero-order chi connectivity index (χ0) is 12.1. The fourth-order valence-corrected chi connectivity index (χ4v) is 5.08. The molecular formula is C12H10N3PSe. The van der Waals surface area contributed by atoms with E-state index in [0.717, 1.165) is 10.6 Å². The number of hydrogen-bond donors (Lipinski definition) is 0. The van der Waals surface area contributed by atoms with Gasteiger partial charge in [0.05, 0.1) is 0 Å². The van der Waals surface area contributed by atoms with E-state index in [1.165, 1.54) is 0 Å². The molecule has 0 radical (unpaired) electrons. The fourth-order valence-electron chi connectivity index (χ4n) is 1.57. The predicted octanol–water partition coefficient (Wildman–Crippen LogP) is 2.96. The molecule has 0 aliphatic carbocycles. The molecule has 0 N–H and O–H groups in total. The van der Waals surface area contributed by atoms with Crippen LogP contribution in [0.4, 0.5) is 0 Å². The third-order valence-corrected chi connectivity index (χ3v) is 7.82. The van der Waals surface area contributed by atoms with Gasteiger partial charge in [0.2, 0.25) is 0 Å². The molecule has 0 heterocycles. The van der Waals surface area contributed by atoms with Gasteiger partial charge >= 0.3 is 107 Å². The molecule has 2 aromatic carbocycles. The Hall–Kier alpha value is -1.30. The van der Waals surface area contributed by atoms with Crippen molar-refractivity contribution in [2.24, 2.45) is 4.88 Å². The molecule has 0 atom stereocenters. The Labute approximate surface area is 107 Å². The van der Waals surface area contributed by atoms with Gasteiger partial charge in [-0.15, -0.1) is 0 Å². The number of nitrogens with zero attached hydrogens (tertiary/aromatic N) is 3. The van der Waals surface area contributed by atoms with Gasteiger partial charge in [-0.1, -0.05) is 0 Å². The first kappa shape index (κ1) is 12.2. The second-order valence-electron chi connectivity index (χ2n) is 3.43. The summed E-state index contributed by atoms with van der Waals surface area (Å²) in [6.45, 7) is 0. The van der Waals surface area contributed by atoms with Crippen LogP contribution < -0.4 is 10.6 Å². The Morgan fingerprint density at radius 3 is 1.65 bits per heavy atom. The zero-order valence-corrected chi connectivity index (χ0v) is 11.6. The van der Waals surface area contributed by atoms with Gasteiger partial charge in [-0.05, 0) is 0 Å². The summed E-state index contributed by atoms with van der Waals surface area (Å²) < 4.78 is 0. The zero-order valence-electron chi connectivity index (χ0n) is 8.97. The minimum atomic E-state index is -2.09. The molecule has 3 nitrogen and oxygen atoms in total. The SMILES string of the molecule is [N-]=[N+]=NP(=[Se])(c1ccccc1)c1ccccc1. The first-order valence-electron chi connectivity index (χ1n) is 5.05. The Morgan fingerprint density at radius 2 is 1.29 bits per heavy atom. The average Bonchev–Trinajstić information content (AvgIpc) is 2.41. The summed E-state index contributed by atoms with van der Waals surface area (Å²) in [6, 6.07) is 19.7. The van der Waals surface area contributed by atoms with Crippen LogP contribution >= 0.6 is 5.66 Å². The van der Waals surface area contributed by atoms with Crippen molar-refractivity contribution in [3.05, 3.63) is 71.1 Å². The molecule has 0 saturated heterocycles. The molecule has 0 aliphatic rings. The first-order chi connectivity index (χ1) is 8.27. The van der Waals surface area contributed by atoms with E-state index in [9.17, 15) is 0 Å². The third-order valence-electron chi connectivity index (χ3n) is 2.38. The molecule has 0 saturated carbocycles. The molecule has 2 rings (SSSR count). The van der Waals surface area contributed by atoms with E-state index in [1.807, 2.05) is 60.7 Å². The maximum atomic E-state index is 8.79. The van der Waals surface area contributed by atoms with E-state index in [-0.39, 0.29) is 0 Å². The molecule has 5 heteroatoms. The standard InChI is InChI=1S/C12H10N3PSe/c13-14-15-16(17,11-7-3-1-4-8-11)12-9-5-2-6-10-12/h1-10H. The third kappa shape index (κ3) is 2.52. The van der Waals surface area contributed by atoms with Crippen LogP contribution in [0.5, 0.6) is 0 Å². The van der Waals surface area contributed by atoms with Gasteiger partial charge in [-0.2, -0.15) is 0 Å². The van der Waals surface area contributed by atoms with Crippen LogP contribution in [0.3, 0.4) is 0 Å². The number of azide groups is 1. The molecule has 0 amide bonds. The Bertz CT molecular complexity index is 548. The molecule has 0 unspecified atom stereocenters. The van der Waals surface area contributed by atoms with Gasteiger partial charge in [-0.3, -0.25) is 0 Å². The van der Waals surface area contributed by atoms with E-state index in [0.29, 0.717) is 0 Å². The molecule has 17 heavy (non-hydrogen) atoms. The van der Waals surface area contributed by atoms with Crippen LogP contribution in [0.25, 0.3) is 10.4 Å². The van der Waals surface area contributed by atoms with Crippen LogP contribution in [0.1, 0.15) is 0 Å². The monoisotopic (exact) mass is 307 g/mol. The van der Waals surface area contributed by atoms with Crippen molar-refractivity contribution in [2.45, 2.75) is 0 Å². The Balaban J connectivity index is 2.64. The summed E-state index contributed by atoms with van der Waals surface area (Å²) in [4.78, 5) is 7.04. The summed E-state index contributed by atoms with van der Waals surface area (Å²) in [5, 5.41) is 2.09. The normalized spacial score (nSPS) is 10.6. The van der Waals surface area contributed by atoms with Crippen molar-refractivity contribution in [1.29, 1.82) is 0 Å². The van der Waals surface area contributed by atoms with E-state index in [1.54, 1.807) is 0 Å². The number of hydrogen-bond acceptors (Lipinski definition) is 1. The van der Waals surface area contributed by atoms with E-state index < -0.39 is 5.66 Å². The molecular weight excluding hydrogens is 296 g/mol. The number of benzene rings is 2. The number of rotatable bonds is 3. The quantitative estimate of drug-likeness (QED) is 0.275. The molecule has 84 valence electrons. The van der Waals surface area contributed by atoms with Gasteiger partial charge in [0.1, 0.15) is 0 Å². The van der Waals surface area contributed by atoms with Gasteiger partial charge in [0.15, 0.2) is 0 Å². The molecule has 2 aromatic rings. The summed E-state index contributed by atoms with van der Waals surface area (Å²) >= 11 is 3.11. The topological polar surface area (TPSA) is 48.8 Å². The molecule has 0 aliphatic heterocycles. The van der Waals surface area contributed by atoms with Gasteiger partial charge < -0.3 is 0 Å². The van der Waals surface area contributed by atoms with Crippen LogP contribution in [0.15, 0.2) is 65.5 Å². The second-order valence-corrected chi connectivity index (χ2v) is 9.12. The van der Waals surface area contributed by atoms with Crippen molar-refractivity contribution >= 4 is 31.4 Å². The van der Waals surface area contributed by atoms with Crippen LogP contribution in [-0.2, 0) is 0 Å². The van der Waals surface area contributed by atoms with E-state index >= 15 is 0 Å². The fraction of sp³-hybridized carbons (Fsp3) is 0. The van der Waals surface area contributed by atoms with Crippen molar-refractivity contribution in [3.63, 3.8) is 0 Å². The van der Waals surface area contributed by atoms with E-state index in [2.05, 4.69) is 24.9 Å². The molecule has 0 bridgehead atoms. The van der Waals surface area contributed by atoms with Gasteiger partial charge in [-0.25, -0.2) is 0 Å². The van der Waals surface area contributed by atoms with E-state index in [4.69, 9.17) is 5.53 Å². The molecule has 0 spiro atoms. The average molecular weight is 306 g/mol. The minimum absolute atomic E-state index is 1.05. The van der Waals surface area contributed by atoms with Crippen molar-refractivity contribution in [1.82, 2.24) is 0 Å². The Morgan fingerprint density at radius 1 is 0.882 bits per heavy atom. The molecule has 0 aromatic heterocycles. The van der Waals surface area contributed by atoms with Crippen molar-refractivity contribution in [3.8, 4) is 0 Å². The summed E-state index contributed by atoms with van der Waals surface area (Å²) in [5.74, 6) is 0. The summed E-state index contributed by atoms with van der Waals surface area (Å²) in [6.07, 6.45) is 0. The summed E-state index contributed by atoms with van der Waals surface area (Å²) in [7, 11) is 0. The second kappa shape index (κ2) is 5.35. The predicted molar refractivity (Wildman–Crippen MR) is 74.0 cm³/mol. The van der Waals surface area contributed by atoms with Crippen molar-refractivity contribution < 1.29 is 0 Å². The molecule has 0 fully saturated rings. The van der Waals surface area contributed by atoms with Crippen molar-refractivity contribution in [2.75, 3.05) is 0 Å². The first-order valence-corrected chi connectivity index (χ1v) is 9.01. The van der Waals surface area contributed by atoms with Crippen LogP contribution in [-0.4, -0.2) is 15.1 Å². The van der Waals surface area contributed by atoms with Crippen LogP contribution in [0.2, 0.25) is 0 Å². The van der Waals surface area contributed by atoms with Crippen LogP contribution in [0, 0.1) is 0 Å². The van der Waals surface area contributed by atoms with Gasteiger partial charge in [0.25, 0.3) is 0 Å². The summed E-state index contributed by atoms with van der Waals surface area (Å²) in [5.41, 5.74) is 6.70. The Kier molecular flexibility index (Phi) is 3.83. The van der Waals surface area contributed by atoms with Gasteiger partial charge in [0, 0.05) is 0 Å². The maximum absolute atomic E-state index is 8.79.